The molecule has 0 radical (unpaired) electrons. The van der Waals surface area contributed by atoms with Crippen molar-refractivity contribution in [1.82, 2.24) is 0 Å². The lowest BCUT2D eigenvalue weighted by atomic mass is 10.2. The molecule has 0 aliphatic rings. The van der Waals surface area contributed by atoms with E-state index in [0.29, 0.717) is 5.56 Å². The second kappa shape index (κ2) is 5.36. The molecule has 1 aromatic rings. The second-order valence-electron chi connectivity index (χ2n) is 2.68. The summed E-state index contributed by atoms with van der Waals surface area (Å²) in [4.78, 5) is 0. The average molecular weight is 198 g/mol. The summed E-state index contributed by atoms with van der Waals surface area (Å²) in [5, 5.41) is 16.9. The van der Waals surface area contributed by atoms with E-state index in [4.69, 9.17) is 10.5 Å². The Balaban J connectivity index is 2.86. The van der Waals surface area contributed by atoms with Crippen LogP contribution in [0.1, 0.15) is 5.56 Å². The van der Waals surface area contributed by atoms with Gasteiger partial charge in [-0.15, -0.1) is 0 Å². The van der Waals surface area contributed by atoms with Crippen LogP contribution in [0.25, 0.3) is 6.08 Å². The van der Waals surface area contributed by atoms with Crippen molar-refractivity contribution in [2.45, 2.75) is 0 Å². The van der Waals surface area contributed by atoms with Crippen molar-refractivity contribution in [3.8, 4) is 12.1 Å². The van der Waals surface area contributed by atoms with E-state index in [0.717, 1.165) is 0 Å². The number of hydrogen-bond donors (Lipinski definition) is 0. The third kappa shape index (κ3) is 3.10. The standard InChI is InChI=1S/C12H7FN2/c13-12-7-2-1-5-11(12)6-3-4-10(8-14)9-15/h1-7H. The number of benzene rings is 1. The Labute approximate surface area is 87.2 Å². The van der Waals surface area contributed by atoms with E-state index in [9.17, 15) is 4.39 Å². The monoisotopic (exact) mass is 198 g/mol. The highest BCUT2D eigenvalue weighted by Gasteiger charge is 1.94. The van der Waals surface area contributed by atoms with Gasteiger partial charge in [-0.05, 0) is 12.1 Å². The van der Waals surface area contributed by atoms with Gasteiger partial charge < -0.3 is 0 Å². The number of allylic oxidation sites excluding steroid dienone is 3. The van der Waals surface area contributed by atoms with E-state index in [2.05, 4.69) is 0 Å². The molecule has 0 unspecified atom stereocenters. The number of nitrogens with zero attached hydrogens (tertiary/aromatic N) is 2. The van der Waals surface area contributed by atoms with Gasteiger partial charge in [0, 0.05) is 5.56 Å². The molecule has 0 heterocycles. The Kier molecular flexibility index (Phi) is 3.82. The van der Waals surface area contributed by atoms with Gasteiger partial charge in [0.15, 0.2) is 0 Å². The van der Waals surface area contributed by atoms with Crippen LogP contribution in [0.3, 0.4) is 0 Å². The fourth-order valence-corrected chi connectivity index (χ4v) is 0.958. The number of hydrogen-bond acceptors (Lipinski definition) is 2. The maximum absolute atomic E-state index is 13.1. The molecule has 0 atom stereocenters. The Morgan fingerprint density at radius 2 is 1.87 bits per heavy atom. The van der Waals surface area contributed by atoms with Crippen LogP contribution in [0.15, 0.2) is 42.0 Å². The van der Waals surface area contributed by atoms with Gasteiger partial charge in [0.2, 0.25) is 0 Å². The fourth-order valence-electron chi connectivity index (χ4n) is 0.958. The molecule has 0 saturated heterocycles. The zero-order valence-electron chi connectivity index (χ0n) is 7.81. The Morgan fingerprint density at radius 3 is 2.47 bits per heavy atom. The first kappa shape index (κ1) is 10.7. The van der Waals surface area contributed by atoms with Gasteiger partial charge in [0.25, 0.3) is 0 Å². The van der Waals surface area contributed by atoms with Crippen LogP contribution in [0.2, 0.25) is 0 Å². The summed E-state index contributed by atoms with van der Waals surface area (Å²) in [6.07, 6.45) is 4.32. The van der Waals surface area contributed by atoms with E-state index in [1.54, 1.807) is 30.3 Å². The highest BCUT2D eigenvalue weighted by Crippen LogP contribution is 2.08. The zero-order chi connectivity index (χ0) is 11.1. The van der Waals surface area contributed by atoms with Gasteiger partial charge in [-0.25, -0.2) is 4.39 Å². The zero-order valence-corrected chi connectivity index (χ0v) is 7.81. The first-order valence-electron chi connectivity index (χ1n) is 4.21. The van der Waals surface area contributed by atoms with Crippen molar-refractivity contribution in [1.29, 1.82) is 10.5 Å². The van der Waals surface area contributed by atoms with Crippen LogP contribution >= 0.6 is 0 Å². The lowest BCUT2D eigenvalue weighted by Crippen LogP contribution is -1.78. The predicted octanol–water partition coefficient (Wildman–Crippen LogP) is 2.81. The Hall–Kier alpha value is -2.39. The van der Waals surface area contributed by atoms with Crippen LogP contribution in [0.4, 0.5) is 4.39 Å². The summed E-state index contributed by atoms with van der Waals surface area (Å²) in [5.74, 6) is -0.336. The lowest BCUT2D eigenvalue weighted by molar-refractivity contribution is 0.625. The van der Waals surface area contributed by atoms with E-state index < -0.39 is 0 Å². The maximum Gasteiger partial charge on any atom is 0.130 e. The highest BCUT2D eigenvalue weighted by atomic mass is 19.1. The van der Waals surface area contributed by atoms with E-state index in [1.807, 2.05) is 0 Å². The highest BCUT2D eigenvalue weighted by molar-refractivity contribution is 5.53. The minimum Gasteiger partial charge on any atom is -0.206 e. The summed E-state index contributed by atoms with van der Waals surface area (Å²) < 4.78 is 13.1. The smallest absolute Gasteiger partial charge is 0.130 e. The Bertz CT molecular complexity index is 471. The van der Waals surface area contributed by atoms with Crippen LogP contribution in [0, 0.1) is 28.5 Å². The Morgan fingerprint density at radius 1 is 1.20 bits per heavy atom. The van der Waals surface area contributed by atoms with Crippen LogP contribution < -0.4 is 0 Å². The predicted molar refractivity (Wildman–Crippen MR) is 54.7 cm³/mol. The molecule has 0 spiro atoms. The summed E-state index contributed by atoms with van der Waals surface area (Å²) in [7, 11) is 0. The van der Waals surface area contributed by atoms with Crippen LogP contribution in [-0.2, 0) is 0 Å². The van der Waals surface area contributed by atoms with Gasteiger partial charge in [-0.2, -0.15) is 10.5 Å². The van der Waals surface area contributed by atoms with Crippen molar-refractivity contribution in [3.63, 3.8) is 0 Å². The largest absolute Gasteiger partial charge is 0.206 e. The van der Waals surface area contributed by atoms with Crippen molar-refractivity contribution in [3.05, 3.63) is 53.4 Å². The van der Waals surface area contributed by atoms with Gasteiger partial charge in [0.05, 0.1) is 0 Å². The van der Waals surface area contributed by atoms with Crippen molar-refractivity contribution < 1.29 is 4.39 Å². The third-order valence-electron chi connectivity index (χ3n) is 1.68. The van der Waals surface area contributed by atoms with Gasteiger partial charge in [-0.1, -0.05) is 30.4 Å². The molecular formula is C12H7FN2. The molecule has 2 nitrogen and oxygen atoms in total. The lowest BCUT2D eigenvalue weighted by Gasteiger charge is -1.93. The molecule has 1 rings (SSSR count). The molecule has 0 saturated carbocycles. The molecule has 0 aliphatic carbocycles. The third-order valence-corrected chi connectivity index (χ3v) is 1.68. The second-order valence-corrected chi connectivity index (χ2v) is 2.68. The number of halogens is 1. The molecule has 0 N–H and O–H groups in total. The summed E-state index contributed by atoms with van der Waals surface area (Å²) in [6.45, 7) is 0. The minimum atomic E-state index is -0.336. The van der Waals surface area contributed by atoms with Crippen molar-refractivity contribution >= 4 is 6.08 Å². The van der Waals surface area contributed by atoms with Crippen LogP contribution in [-0.4, -0.2) is 0 Å². The molecule has 0 fully saturated rings. The van der Waals surface area contributed by atoms with E-state index in [1.165, 1.54) is 24.3 Å². The van der Waals surface area contributed by atoms with Crippen molar-refractivity contribution in [2.24, 2.45) is 0 Å². The summed E-state index contributed by atoms with van der Waals surface area (Å²) in [5.41, 5.74) is 0.409. The fraction of sp³-hybridized carbons (Fsp3) is 0. The maximum atomic E-state index is 13.1. The molecule has 0 amide bonds. The van der Waals surface area contributed by atoms with Crippen molar-refractivity contribution in [2.75, 3.05) is 0 Å². The first-order valence-corrected chi connectivity index (χ1v) is 4.21. The molecule has 15 heavy (non-hydrogen) atoms. The number of rotatable bonds is 2. The summed E-state index contributed by atoms with van der Waals surface area (Å²) in [6, 6.07) is 9.68. The SMILES string of the molecule is N#CC(C#N)=CC=Cc1ccccc1F. The quantitative estimate of drug-likeness (QED) is 0.541. The normalized spacial score (nSPS) is 9.27. The van der Waals surface area contributed by atoms with E-state index >= 15 is 0 Å². The minimum absolute atomic E-state index is 0.0115. The molecule has 0 aromatic heterocycles. The molecule has 0 bridgehead atoms. The van der Waals surface area contributed by atoms with E-state index in [-0.39, 0.29) is 11.4 Å². The molecule has 72 valence electrons. The van der Waals surface area contributed by atoms with Crippen LogP contribution in [0.5, 0.6) is 0 Å². The topological polar surface area (TPSA) is 47.6 Å². The molecule has 3 heteroatoms. The van der Waals surface area contributed by atoms with Gasteiger partial charge in [-0.3, -0.25) is 0 Å². The molecular weight excluding hydrogens is 191 g/mol. The first-order chi connectivity index (χ1) is 7.27. The molecule has 1 aromatic carbocycles. The summed E-state index contributed by atoms with van der Waals surface area (Å²) >= 11 is 0. The molecule has 0 aliphatic heterocycles. The van der Waals surface area contributed by atoms with Gasteiger partial charge in [0.1, 0.15) is 23.5 Å². The average Bonchev–Trinajstić information content (AvgIpc) is 2.27. The number of nitriles is 2. The van der Waals surface area contributed by atoms with Gasteiger partial charge >= 0.3 is 0 Å².